The van der Waals surface area contributed by atoms with Crippen LogP contribution >= 0.6 is 0 Å². The molecule has 3 aromatic rings. The Morgan fingerprint density at radius 2 is 1.66 bits per heavy atom. The molecule has 0 fully saturated rings. The number of hydrogen-bond acceptors (Lipinski definition) is 6. The zero-order valence-electron chi connectivity index (χ0n) is 15.8. The number of benzene rings is 3. The molecular formula is C19H14F3NO7S2. The van der Waals surface area contributed by atoms with Gasteiger partial charge in [0.05, 0.1) is 26.3 Å². The molecule has 1 unspecified atom stereocenters. The van der Waals surface area contributed by atoms with E-state index in [0.717, 1.165) is 30.3 Å². The Bertz CT molecular complexity index is 1310. The molecule has 0 bridgehead atoms. The van der Waals surface area contributed by atoms with Crippen molar-refractivity contribution in [3.05, 3.63) is 54.6 Å². The van der Waals surface area contributed by atoms with Crippen LogP contribution in [0.15, 0.2) is 64.4 Å². The van der Waals surface area contributed by atoms with E-state index in [9.17, 15) is 35.7 Å². The van der Waals surface area contributed by atoms with Crippen molar-refractivity contribution in [2.45, 2.75) is 16.2 Å². The fraction of sp³-hybridized carbons (Fsp3) is 0.105. The van der Waals surface area contributed by atoms with Crippen LogP contribution in [0, 0.1) is 0 Å². The molecule has 0 aliphatic rings. The van der Waals surface area contributed by atoms with Crippen molar-refractivity contribution < 1.29 is 45.5 Å². The van der Waals surface area contributed by atoms with Gasteiger partial charge in [-0.05, 0) is 30.3 Å². The zero-order valence-corrected chi connectivity index (χ0v) is 17.4. The lowest BCUT2D eigenvalue weighted by Gasteiger charge is -2.15. The number of phenolic OH excluding ortho intramolecular Hbond substituents is 1. The van der Waals surface area contributed by atoms with Crippen LogP contribution in [0.5, 0.6) is 11.5 Å². The second kappa shape index (κ2) is 8.67. The number of phenols is 1. The molecule has 0 heterocycles. The third-order valence-electron chi connectivity index (χ3n) is 4.09. The third-order valence-corrected chi connectivity index (χ3v) is 6.79. The molecule has 0 aliphatic carbocycles. The molecule has 3 N–H and O–H groups in total. The number of halogens is 3. The summed E-state index contributed by atoms with van der Waals surface area (Å²) in [5.74, 6) is -3.28. The lowest BCUT2D eigenvalue weighted by molar-refractivity contribution is -0.274. The topological polar surface area (TPSA) is 130 Å². The van der Waals surface area contributed by atoms with Gasteiger partial charge >= 0.3 is 12.3 Å². The highest BCUT2D eigenvalue weighted by molar-refractivity contribution is 7.92. The highest BCUT2D eigenvalue weighted by atomic mass is 32.2. The highest BCUT2D eigenvalue weighted by Gasteiger charge is 2.31. The SMILES string of the molecule is O=C(O)CS(=O)c1cc(NS(=O)(=O)c2ccc(OC(F)(F)F)cc2)c2ccccc2c1O. The molecule has 3 aromatic carbocycles. The summed E-state index contributed by atoms with van der Waals surface area (Å²) in [6.07, 6.45) is -4.94. The molecule has 0 amide bonds. The van der Waals surface area contributed by atoms with E-state index in [-0.39, 0.29) is 21.4 Å². The predicted molar refractivity (Wildman–Crippen MR) is 108 cm³/mol. The summed E-state index contributed by atoms with van der Waals surface area (Å²) in [4.78, 5) is 10.2. The number of hydrogen-bond donors (Lipinski definition) is 3. The van der Waals surface area contributed by atoms with Gasteiger partial charge in [0.2, 0.25) is 0 Å². The van der Waals surface area contributed by atoms with Gasteiger partial charge < -0.3 is 14.9 Å². The maximum atomic E-state index is 12.8. The number of rotatable bonds is 7. The Morgan fingerprint density at radius 1 is 1.06 bits per heavy atom. The van der Waals surface area contributed by atoms with Gasteiger partial charge in [-0.3, -0.25) is 13.7 Å². The number of sulfonamides is 1. The van der Waals surface area contributed by atoms with Gasteiger partial charge in [-0.25, -0.2) is 8.42 Å². The summed E-state index contributed by atoms with van der Waals surface area (Å²) >= 11 is 0. The van der Waals surface area contributed by atoms with E-state index in [1.807, 2.05) is 0 Å². The lowest BCUT2D eigenvalue weighted by atomic mass is 10.1. The van der Waals surface area contributed by atoms with Crippen LogP contribution < -0.4 is 9.46 Å². The van der Waals surface area contributed by atoms with E-state index >= 15 is 0 Å². The van der Waals surface area contributed by atoms with Crippen molar-refractivity contribution in [1.82, 2.24) is 0 Å². The molecule has 13 heteroatoms. The second-order valence-corrected chi connectivity index (χ2v) is 9.43. The zero-order chi connectivity index (χ0) is 23.7. The summed E-state index contributed by atoms with van der Waals surface area (Å²) in [6, 6.07) is 10.5. The number of ether oxygens (including phenoxy) is 1. The van der Waals surface area contributed by atoms with Gasteiger partial charge in [0.1, 0.15) is 17.3 Å². The summed E-state index contributed by atoms with van der Waals surface area (Å²) in [7, 11) is -6.51. The molecule has 0 aromatic heterocycles. The van der Waals surface area contributed by atoms with Crippen molar-refractivity contribution in [2.24, 2.45) is 0 Å². The van der Waals surface area contributed by atoms with Crippen LogP contribution in [0.1, 0.15) is 0 Å². The fourth-order valence-corrected chi connectivity index (χ4v) is 4.83. The summed E-state index contributed by atoms with van der Waals surface area (Å²) < 4.78 is 80.7. The van der Waals surface area contributed by atoms with Crippen LogP contribution in [0.3, 0.4) is 0 Å². The molecule has 0 aliphatic heterocycles. The number of aromatic hydroxyl groups is 1. The molecule has 8 nitrogen and oxygen atoms in total. The average molecular weight is 489 g/mol. The van der Waals surface area contributed by atoms with Crippen LogP contribution in [0.2, 0.25) is 0 Å². The van der Waals surface area contributed by atoms with Gasteiger partial charge in [0.25, 0.3) is 10.0 Å². The Hall–Kier alpha value is -3.32. The quantitative estimate of drug-likeness (QED) is 0.434. The van der Waals surface area contributed by atoms with Crippen molar-refractivity contribution in [3.63, 3.8) is 0 Å². The van der Waals surface area contributed by atoms with Crippen molar-refractivity contribution in [2.75, 3.05) is 10.5 Å². The summed E-state index contributed by atoms with van der Waals surface area (Å²) in [5.41, 5.74) is -0.109. The second-order valence-electron chi connectivity index (χ2n) is 6.32. The number of carboxylic acids is 1. The molecule has 3 rings (SSSR count). The van der Waals surface area contributed by atoms with Gasteiger partial charge in [-0.1, -0.05) is 24.3 Å². The molecular weight excluding hydrogens is 475 g/mol. The van der Waals surface area contributed by atoms with Crippen LogP contribution in [0.25, 0.3) is 10.8 Å². The molecule has 170 valence electrons. The minimum Gasteiger partial charge on any atom is -0.506 e. The minimum atomic E-state index is -4.94. The third kappa shape index (κ3) is 5.29. The largest absolute Gasteiger partial charge is 0.573 e. The van der Waals surface area contributed by atoms with Crippen molar-refractivity contribution >= 4 is 43.3 Å². The Balaban J connectivity index is 2.03. The first kappa shape index (κ1) is 23.3. The monoisotopic (exact) mass is 489 g/mol. The number of carboxylic acid groups (broad SMARTS) is 1. The first-order valence-corrected chi connectivity index (χ1v) is 11.4. The van der Waals surface area contributed by atoms with Crippen LogP contribution in [-0.2, 0) is 25.6 Å². The molecule has 0 saturated carbocycles. The van der Waals surface area contributed by atoms with E-state index in [1.165, 1.54) is 18.2 Å². The van der Waals surface area contributed by atoms with E-state index in [4.69, 9.17) is 5.11 Å². The van der Waals surface area contributed by atoms with Gasteiger partial charge in [0, 0.05) is 10.8 Å². The Morgan fingerprint density at radius 3 is 2.22 bits per heavy atom. The normalized spacial score (nSPS) is 13.0. The highest BCUT2D eigenvalue weighted by Crippen LogP contribution is 2.37. The van der Waals surface area contributed by atoms with Crippen LogP contribution in [-0.4, -0.2) is 40.9 Å². The van der Waals surface area contributed by atoms with E-state index in [1.54, 1.807) is 6.07 Å². The minimum absolute atomic E-state index is 0.109. The van der Waals surface area contributed by atoms with Gasteiger partial charge in [-0.15, -0.1) is 13.2 Å². The lowest BCUT2D eigenvalue weighted by Crippen LogP contribution is -2.17. The Kier molecular flexibility index (Phi) is 6.32. The predicted octanol–water partition coefficient (Wildman–Crippen LogP) is 3.44. The Labute approximate surface area is 181 Å². The number of carbonyl (C=O) groups is 1. The number of nitrogens with one attached hydrogen (secondary N) is 1. The van der Waals surface area contributed by atoms with Crippen LogP contribution in [0.4, 0.5) is 18.9 Å². The molecule has 0 radical (unpaired) electrons. The molecule has 32 heavy (non-hydrogen) atoms. The number of anilines is 1. The van der Waals surface area contributed by atoms with Crippen molar-refractivity contribution in [3.8, 4) is 11.5 Å². The summed E-state index contributed by atoms with van der Waals surface area (Å²) in [6.45, 7) is 0. The smallest absolute Gasteiger partial charge is 0.506 e. The standard InChI is InChI=1S/C19H14F3NO7S2/c20-19(21,22)30-11-5-7-12(8-6-11)32(28,29)23-15-9-16(31(27)10-17(24)25)18(26)14-4-2-1-3-13(14)15/h1-9,23,26H,10H2,(H,24,25). The maximum Gasteiger partial charge on any atom is 0.573 e. The van der Waals surface area contributed by atoms with Crippen molar-refractivity contribution in [1.29, 1.82) is 0 Å². The summed E-state index contributed by atoms with van der Waals surface area (Å²) in [5, 5.41) is 19.7. The van der Waals surface area contributed by atoms with E-state index in [2.05, 4.69) is 9.46 Å². The van der Waals surface area contributed by atoms with Gasteiger partial charge in [-0.2, -0.15) is 0 Å². The first-order chi connectivity index (χ1) is 14.9. The number of fused-ring (bicyclic) bond motifs is 1. The van der Waals surface area contributed by atoms with E-state index < -0.39 is 55.3 Å². The van der Waals surface area contributed by atoms with E-state index in [0.29, 0.717) is 0 Å². The fourth-order valence-electron chi connectivity index (χ4n) is 2.81. The van der Waals surface area contributed by atoms with Gasteiger partial charge in [0.15, 0.2) is 0 Å². The molecule has 0 saturated heterocycles. The first-order valence-electron chi connectivity index (χ1n) is 8.61. The number of aliphatic carboxylic acids is 1. The molecule has 0 spiro atoms. The molecule has 1 atom stereocenters. The maximum absolute atomic E-state index is 12.8. The average Bonchev–Trinajstić information content (AvgIpc) is 2.68. The number of alkyl halides is 3.